The first-order valence-corrected chi connectivity index (χ1v) is 15.8. The zero-order valence-electron chi connectivity index (χ0n) is 24.8. The number of rotatable bonds is 6. The van der Waals surface area contributed by atoms with Crippen molar-refractivity contribution in [3.05, 3.63) is 58.7 Å². The molecule has 1 fully saturated rings. The molecule has 1 aromatic carbocycles. The number of halogens is 3. The Labute approximate surface area is 255 Å². The van der Waals surface area contributed by atoms with Crippen LogP contribution in [0.5, 0.6) is 0 Å². The van der Waals surface area contributed by atoms with Gasteiger partial charge >= 0.3 is 11.9 Å². The maximum absolute atomic E-state index is 13.1. The third-order valence-corrected chi connectivity index (χ3v) is 9.80. The van der Waals surface area contributed by atoms with Gasteiger partial charge in [-0.15, -0.1) is 0 Å². The minimum Gasteiger partial charge on any atom is -0.465 e. The smallest absolute Gasteiger partial charge is 0.358 e. The molecule has 1 aromatic rings. The zero-order chi connectivity index (χ0) is 29.7. The second kappa shape index (κ2) is 14.1. The number of benzene rings is 1. The van der Waals surface area contributed by atoms with E-state index in [1.54, 1.807) is 0 Å². The maximum atomic E-state index is 13.1. The second-order valence-corrected chi connectivity index (χ2v) is 14.4. The molecule has 0 N–H and O–H groups in total. The van der Waals surface area contributed by atoms with Crippen molar-refractivity contribution in [3.8, 4) is 0 Å². The lowest BCUT2D eigenvalue weighted by molar-refractivity contribution is -0.148. The van der Waals surface area contributed by atoms with E-state index in [1.807, 2.05) is 12.1 Å². The molecule has 0 aromatic heterocycles. The summed E-state index contributed by atoms with van der Waals surface area (Å²) < 4.78 is 8.75. The molecule has 0 amide bonds. The number of carbonyl (C=O) groups excluding carboxylic acids is 2. The van der Waals surface area contributed by atoms with E-state index in [0.717, 1.165) is 49.7 Å². The summed E-state index contributed by atoms with van der Waals surface area (Å²) in [5.74, 6) is 0.523. The van der Waals surface area contributed by atoms with Gasteiger partial charge < -0.3 is 9.47 Å². The van der Waals surface area contributed by atoms with Crippen molar-refractivity contribution >= 4 is 46.7 Å². The van der Waals surface area contributed by atoms with Gasteiger partial charge in [0.15, 0.2) is 0 Å². The Hall–Kier alpha value is -1.49. The van der Waals surface area contributed by atoms with Gasteiger partial charge in [0.1, 0.15) is 6.10 Å². The standard InChI is InChI=1S/C33H45Cl3O4/c1-7-21(2)10-12-23(4)28-16-17-29-26-15-13-24(20-27(26)30(37)39-6)19-25(40-31(38)33(34,35)36)14-11-22(3)9-8-18-32(28,29)5/h9-10,12-13,15,20-21,23,25,28-29H,7-8,11,14,16-19H2,1-6H3/b12-10+,22-9?/t21-,23+,25-,28+,29?,32+/m0/s1. The Balaban J connectivity index is 2.05. The number of hydrogen-bond acceptors (Lipinski definition) is 4. The highest BCUT2D eigenvalue weighted by molar-refractivity contribution is 6.75. The summed E-state index contributed by atoms with van der Waals surface area (Å²) >= 11 is 17.4. The molecular weight excluding hydrogens is 567 g/mol. The summed E-state index contributed by atoms with van der Waals surface area (Å²) in [6.45, 7) is 11.4. The fourth-order valence-electron chi connectivity index (χ4n) is 6.76. The van der Waals surface area contributed by atoms with Crippen molar-refractivity contribution < 1.29 is 19.1 Å². The van der Waals surface area contributed by atoms with E-state index in [4.69, 9.17) is 44.3 Å². The monoisotopic (exact) mass is 610 g/mol. The first kappa shape index (κ1) is 33.0. The van der Waals surface area contributed by atoms with Crippen molar-refractivity contribution in [2.75, 3.05) is 7.11 Å². The van der Waals surface area contributed by atoms with E-state index in [9.17, 15) is 9.59 Å². The molecule has 40 heavy (non-hydrogen) atoms. The van der Waals surface area contributed by atoms with Crippen LogP contribution in [-0.2, 0) is 20.7 Å². The van der Waals surface area contributed by atoms with Crippen LogP contribution in [0.15, 0.2) is 42.0 Å². The Morgan fingerprint density at radius 3 is 2.52 bits per heavy atom. The van der Waals surface area contributed by atoms with E-state index in [-0.39, 0.29) is 17.3 Å². The van der Waals surface area contributed by atoms with Crippen LogP contribution in [0.25, 0.3) is 0 Å². The van der Waals surface area contributed by atoms with Crippen molar-refractivity contribution in [2.45, 2.75) is 102 Å². The molecule has 0 spiro atoms. The van der Waals surface area contributed by atoms with Crippen LogP contribution < -0.4 is 0 Å². The van der Waals surface area contributed by atoms with Gasteiger partial charge in [0, 0.05) is 6.42 Å². The van der Waals surface area contributed by atoms with Crippen LogP contribution in [0.4, 0.5) is 0 Å². The van der Waals surface area contributed by atoms with Crippen LogP contribution in [0.3, 0.4) is 0 Å². The molecule has 1 unspecified atom stereocenters. The van der Waals surface area contributed by atoms with Crippen LogP contribution in [0, 0.1) is 23.2 Å². The summed E-state index contributed by atoms with van der Waals surface area (Å²) in [6, 6.07) is 6.05. The Morgan fingerprint density at radius 1 is 1.15 bits per heavy atom. The number of ether oxygens (including phenoxy) is 2. The largest absolute Gasteiger partial charge is 0.465 e. The lowest BCUT2D eigenvalue weighted by atomic mass is 9.64. The summed E-state index contributed by atoms with van der Waals surface area (Å²) in [6.07, 6.45) is 13.6. The van der Waals surface area contributed by atoms with Gasteiger partial charge in [-0.1, -0.05) is 105 Å². The summed E-state index contributed by atoms with van der Waals surface area (Å²) in [5, 5.41) is 0. The molecule has 3 aliphatic rings. The molecule has 4 rings (SSSR count). The molecule has 222 valence electrons. The van der Waals surface area contributed by atoms with Crippen molar-refractivity contribution in [3.63, 3.8) is 0 Å². The van der Waals surface area contributed by atoms with Crippen molar-refractivity contribution in [1.82, 2.24) is 0 Å². The summed E-state index contributed by atoms with van der Waals surface area (Å²) in [7, 11) is 1.43. The summed E-state index contributed by atoms with van der Waals surface area (Å²) in [5.41, 5.74) is 3.80. The number of esters is 2. The first-order chi connectivity index (χ1) is 18.8. The average Bonchev–Trinajstić information content (AvgIpc) is 3.25. The third kappa shape index (κ3) is 8.07. The SMILES string of the molecule is CC[C@H](C)/C=C/[C@@H](C)[C@H]1CCC2c3ccc(cc3C(=O)OC)C[C@@H](OC(=O)C(Cl)(Cl)Cl)CCC(C)=CCC[C@@]21C. The van der Waals surface area contributed by atoms with Crippen LogP contribution >= 0.6 is 34.8 Å². The quantitative estimate of drug-likeness (QED) is 0.183. The molecule has 2 bridgehead atoms. The van der Waals surface area contributed by atoms with Gasteiger partial charge in [-0.05, 0) is 91.7 Å². The van der Waals surface area contributed by atoms with Gasteiger partial charge in [-0.25, -0.2) is 9.59 Å². The third-order valence-electron chi connectivity index (χ3n) is 9.33. The Bertz CT molecular complexity index is 1110. The van der Waals surface area contributed by atoms with Crippen LogP contribution in [-0.4, -0.2) is 28.9 Å². The fourth-order valence-corrected chi connectivity index (χ4v) is 6.89. The Morgan fingerprint density at radius 2 is 1.88 bits per heavy atom. The topological polar surface area (TPSA) is 52.6 Å². The molecule has 0 radical (unpaired) electrons. The van der Waals surface area contributed by atoms with E-state index in [2.05, 4.69) is 58.9 Å². The Kier molecular flexibility index (Phi) is 11.7. The first-order valence-electron chi connectivity index (χ1n) is 14.6. The maximum Gasteiger partial charge on any atom is 0.358 e. The van der Waals surface area contributed by atoms with Crippen molar-refractivity contribution in [1.29, 1.82) is 0 Å². The number of methoxy groups -OCH3 is 1. The van der Waals surface area contributed by atoms with Gasteiger partial charge in [-0.2, -0.15) is 0 Å². The van der Waals surface area contributed by atoms with E-state index in [0.29, 0.717) is 36.2 Å². The number of fused-ring (bicyclic) bond motifs is 8. The number of hydrogen-bond donors (Lipinski definition) is 0. The highest BCUT2D eigenvalue weighted by Gasteiger charge is 2.49. The van der Waals surface area contributed by atoms with Gasteiger partial charge in [0.25, 0.3) is 3.79 Å². The molecule has 6 atom stereocenters. The highest BCUT2D eigenvalue weighted by atomic mass is 35.6. The van der Waals surface area contributed by atoms with E-state index in [1.165, 1.54) is 12.7 Å². The lowest BCUT2D eigenvalue weighted by Crippen LogP contribution is -2.32. The van der Waals surface area contributed by atoms with Crippen molar-refractivity contribution in [2.24, 2.45) is 23.2 Å². The predicted molar refractivity (Wildman–Crippen MR) is 165 cm³/mol. The van der Waals surface area contributed by atoms with Gasteiger partial charge in [-0.3, -0.25) is 0 Å². The number of allylic oxidation sites excluding steroid dienone is 4. The minimum absolute atomic E-state index is 0.0207. The molecule has 7 heteroatoms. The lowest BCUT2D eigenvalue weighted by Gasteiger charge is -2.40. The van der Waals surface area contributed by atoms with Crippen LogP contribution in [0.2, 0.25) is 0 Å². The number of carbonyl (C=O) groups is 2. The zero-order valence-corrected chi connectivity index (χ0v) is 27.0. The fraction of sp³-hybridized carbons (Fsp3) is 0.636. The van der Waals surface area contributed by atoms with E-state index >= 15 is 0 Å². The van der Waals surface area contributed by atoms with Gasteiger partial charge in [0.05, 0.1) is 12.7 Å². The molecule has 4 nitrogen and oxygen atoms in total. The highest BCUT2D eigenvalue weighted by Crippen LogP contribution is 2.59. The molecule has 0 aliphatic heterocycles. The molecule has 0 saturated heterocycles. The van der Waals surface area contributed by atoms with Gasteiger partial charge in [0.2, 0.25) is 0 Å². The summed E-state index contributed by atoms with van der Waals surface area (Å²) in [4.78, 5) is 25.5. The van der Waals surface area contributed by atoms with E-state index < -0.39 is 15.9 Å². The molecular formula is C33H45Cl3O4. The predicted octanol–water partition coefficient (Wildman–Crippen LogP) is 9.56. The second-order valence-electron chi connectivity index (χ2n) is 12.1. The molecule has 0 heterocycles. The number of alkyl halides is 3. The molecule has 1 saturated carbocycles. The molecule has 3 aliphatic carbocycles. The average molecular weight is 612 g/mol. The normalized spacial score (nSPS) is 27.4. The van der Waals surface area contributed by atoms with Crippen LogP contribution in [0.1, 0.15) is 107 Å². The minimum atomic E-state index is -2.14.